The molecule has 1 aliphatic heterocycles. The average Bonchev–Trinajstić information content (AvgIpc) is 2.08. The molecule has 1 fully saturated rings. The van der Waals surface area contributed by atoms with Gasteiger partial charge in [-0.15, -0.1) is 0 Å². The van der Waals surface area contributed by atoms with Crippen molar-refractivity contribution < 1.29 is 14.6 Å². The Morgan fingerprint density at radius 3 is 2.62 bits per heavy atom. The summed E-state index contributed by atoms with van der Waals surface area (Å²) >= 11 is 0. The molecule has 0 amide bonds. The lowest BCUT2D eigenvalue weighted by molar-refractivity contribution is 0.0200. The minimum atomic E-state index is -1.14. The summed E-state index contributed by atoms with van der Waals surface area (Å²) in [7, 11) is 0. The molecule has 0 spiro atoms. The predicted octanol–water partition coefficient (Wildman–Crippen LogP) is 1.56. The fraction of sp³-hybridized carbons (Fsp3) is 0.889. The number of hydrogen-bond acceptors (Lipinski definition) is 3. The van der Waals surface area contributed by atoms with Gasteiger partial charge in [-0.05, 0) is 25.8 Å². The molecule has 4 heteroatoms. The van der Waals surface area contributed by atoms with Gasteiger partial charge in [0.1, 0.15) is 6.10 Å². The Kier molecular flexibility index (Phi) is 4.02. The summed E-state index contributed by atoms with van der Waals surface area (Å²) in [6, 6.07) is 0. The molecular weight excluding hydrogens is 170 g/mol. The molecule has 0 unspecified atom stereocenters. The van der Waals surface area contributed by atoms with Gasteiger partial charge in [-0.1, -0.05) is 6.92 Å². The van der Waals surface area contributed by atoms with Crippen molar-refractivity contribution in [3.05, 3.63) is 0 Å². The Balaban J connectivity index is 2.18. The van der Waals surface area contributed by atoms with E-state index in [-0.39, 0.29) is 6.10 Å². The molecule has 0 atom stereocenters. The van der Waals surface area contributed by atoms with E-state index in [4.69, 9.17) is 9.84 Å². The van der Waals surface area contributed by atoms with E-state index in [9.17, 15) is 4.79 Å². The molecule has 1 aliphatic rings. The van der Waals surface area contributed by atoms with Crippen LogP contribution in [0.2, 0.25) is 0 Å². The summed E-state index contributed by atoms with van der Waals surface area (Å²) in [5, 5.41) is 8.40. The van der Waals surface area contributed by atoms with Gasteiger partial charge in [0.25, 0.3) is 0 Å². The second-order valence-electron chi connectivity index (χ2n) is 3.42. The topological polar surface area (TPSA) is 49.8 Å². The Morgan fingerprint density at radius 1 is 1.54 bits per heavy atom. The maximum Gasteiger partial charge on any atom is 0.506 e. The predicted molar refractivity (Wildman–Crippen MR) is 48.9 cm³/mol. The fourth-order valence-corrected chi connectivity index (χ4v) is 1.71. The molecule has 1 rings (SSSR count). The Morgan fingerprint density at radius 2 is 2.15 bits per heavy atom. The normalized spacial score (nSPS) is 20.1. The highest BCUT2D eigenvalue weighted by Gasteiger charge is 2.21. The highest BCUT2D eigenvalue weighted by atomic mass is 16.7. The zero-order chi connectivity index (χ0) is 9.68. The van der Waals surface area contributed by atoms with Crippen LogP contribution in [0.4, 0.5) is 4.79 Å². The summed E-state index contributed by atoms with van der Waals surface area (Å²) < 4.78 is 4.71. The average molecular weight is 187 g/mol. The van der Waals surface area contributed by atoms with Crippen LogP contribution < -0.4 is 0 Å². The maximum absolute atomic E-state index is 10.2. The zero-order valence-corrected chi connectivity index (χ0v) is 8.03. The van der Waals surface area contributed by atoms with Crippen molar-refractivity contribution in [1.82, 2.24) is 4.90 Å². The van der Waals surface area contributed by atoms with E-state index in [2.05, 4.69) is 11.8 Å². The largest absolute Gasteiger partial charge is 0.506 e. The highest BCUT2D eigenvalue weighted by molar-refractivity contribution is 5.57. The van der Waals surface area contributed by atoms with Gasteiger partial charge in [0, 0.05) is 13.1 Å². The second-order valence-corrected chi connectivity index (χ2v) is 3.42. The molecule has 0 aromatic carbocycles. The molecule has 0 bridgehead atoms. The molecule has 1 heterocycles. The van der Waals surface area contributed by atoms with Gasteiger partial charge in [-0.2, -0.15) is 0 Å². The van der Waals surface area contributed by atoms with Crippen molar-refractivity contribution in [2.24, 2.45) is 0 Å². The first-order chi connectivity index (χ1) is 6.22. The monoisotopic (exact) mass is 187 g/mol. The highest BCUT2D eigenvalue weighted by Crippen LogP contribution is 2.13. The van der Waals surface area contributed by atoms with Crippen LogP contribution in [0.5, 0.6) is 0 Å². The van der Waals surface area contributed by atoms with Crippen LogP contribution in [-0.4, -0.2) is 41.9 Å². The van der Waals surface area contributed by atoms with Crippen molar-refractivity contribution in [2.45, 2.75) is 32.3 Å². The fourth-order valence-electron chi connectivity index (χ4n) is 1.71. The quantitative estimate of drug-likeness (QED) is 0.681. The van der Waals surface area contributed by atoms with Crippen molar-refractivity contribution in [1.29, 1.82) is 0 Å². The number of likely N-dealkylation sites (tertiary alicyclic amines) is 1. The van der Waals surface area contributed by atoms with E-state index in [0.717, 1.165) is 38.9 Å². The summed E-state index contributed by atoms with van der Waals surface area (Å²) in [4.78, 5) is 12.6. The summed E-state index contributed by atoms with van der Waals surface area (Å²) in [5.41, 5.74) is 0. The van der Waals surface area contributed by atoms with Crippen LogP contribution >= 0.6 is 0 Å². The van der Waals surface area contributed by atoms with Crippen molar-refractivity contribution in [3.8, 4) is 0 Å². The van der Waals surface area contributed by atoms with E-state index in [1.165, 1.54) is 0 Å². The van der Waals surface area contributed by atoms with Crippen LogP contribution in [-0.2, 0) is 4.74 Å². The maximum atomic E-state index is 10.2. The number of hydrogen-bond donors (Lipinski definition) is 1. The molecular formula is C9H17NO3. The third kappa shape index (κ3) is 3.63. The first-order valence-electron chi connectivity index (χ1n) is 4.84. The molecule has 0 aromatic heterocycles. The van der Waals surface area contributed by atoms with Crippen LogP contribution in [0, 0.1) is 0 Å². The van der Waals surface area contributed by atoms with Gasteiger partial charge in [0.15, 0.2) is 0 Å². The summed E-state index contributed by atoms with van der Waals surface area (Å²) in [5.74, 6) is 0. The molecule has 76 valence electrons. The molecule has 13 heavy (non-hydrogen) atoms. The van der Waals surface area contributed by atoms with Gasteiger partial charge in [-0.25, -0.2) is 4.79 Å². The molecule has 0 aliphatic carbocycles. The smallest absolute Gasteiger partial charge is 0.450 e. The number of rotatable bonds is 3. The van der Waals surface area contributed by atoms with E-state index in [0.29, 0.717) is 0 Å². The van der Waals surface area contributed by atoms with E-state index in [1.54, 1.807) is 0 Å². The van der Waals surface area contributed by atoms with Crippen molar-refractivity contribution in [3.63, 3.8) is 0 Å². The van der Waals surface area contributed by atoms with Gasteiger partial charge in [0.2, 0.25) is 0 Å². The van der Waals surface area contributed by atoms with Gasteiger partial charge >= 0.3 is 6.16 Å². The Bertz CT molecular complexity index is 164. The summed E-state index contributed by atoms with van der Waals surface area (Å²) in [6.45, 7) is 5.19. The standard InChI is InChI=1S/C9H17NO3/c1-2-5-10-6-3-8(4-7-10)13-9(11)12/h8H,2-7H2,1H3,(H,11,12). The van der Waals surface area contributed by atoms with E-state index < -0.39 is 6.16 Å². The SMILES string of the molecule is CCCN1CCC(OC(=O)O)CC1. The lowest BCUT2D eigenvalue weighted by Crippen LogP contribution is -2.37. The minimum Gasteiger partial charge on any atom is -0.450 e. The van der Waals surface area contributed by atoms with Crippen LogP contribution in [0.3, 0.4) is 0 Å². The molecule has 1 saturated heterocycles. The molecule has 1 N–H and O–H groups in total. The van der Waals surface area contributed by atoms with Crippen LogP contribution in [0.25, 0.3) is 0 Å². The second kappa shape index (κ2) is 5.07. The lowest BCUT2D eigenvalue weighted by atomic mass is 10.1. The first-order valence-corrected chi connectivity index (χ1v) is 4.84. The number of nitrogens with zero attached hydrogens (tertiary/aromatic N) is 1. The molecule has 0 aromatic rings. The Hall–Kier alpha value is -0.770. The first kappa shape index (κ1) is 10.3. The molecule has 0 saturated carbocycles. The van der Waals surface area contributed by atoms with Crippen LogP contribution in [0.1, 0.15) is 26.2 Å². The number of carboxylic acid groups (broad SMARTS) is 1. The number of carbonyl (C=O) groups is 1. The zero-order valence-electron chi connectivity index (χ0n) is 8.03. The third-order valence-electron chi connectivity index (χ3n) is 2.34. The molecule has 0 radical (unpaired) electrons. The van der Waals surface area contributed by atoms with E-state index >= 15 is 0 Å². The van der Waals surface area contributed by atoms with Crippen LogP contribution in [0.15, 0.2) is 0 Å². The van der Waals surface area contributed by atoms with E-state index in [1.807, 2.05) is 0 Å². The molecule has 4 nitrogen and oxygen atoms in total. The third-order valence-corrected chi connectivity index (χ3v) is 2.34. The van der Waals surface area contributed by atoms with Gasteiger partial charge < -0.3 is 14.7 Å². The minimum absolute atomic E-state index is 0.0781. The summed E-state index contributed by atoms with van der Waals surface area (Å²) in [6.07, 6.45) is 1.61. The lowest BCUT2D eigenvalue weighted by Gasteiger charge is -2.30. The Labute approximate surface area is 78.5 Å². The van der Waals surface area contributed by atoms with Crippen molar-refractivity contribution >= 4 is 6.16 Å². The van der Waals surface area contributed by atoms with Crippen molar-refractivity contribution in [2.75, 3.05) is 19.6 Å². The van der Waals surface area contributed by atoms with Gasteiger partial charge in [0.05, 0.1) is 0 Å². The number of piperidine rings is 1. The van der Waals surface area contributed by atoms with Gasteiger partial charge in [-0.3, -0.25) is 0 Å². The number of ether oxygens (including phenoxy) is 1.